The molecule has 1 saturated heterocycles. The van der Waals surface area contributed by atoms with Gasteiger partial charge in [-0.3, -0.25) is 9.59 Å². The normalized spacial score (nSPS) is 21.5. The van der Waals surface area contributed by atoms with Crippen LogP contribution in [0, 0.1) is 11.7 Å². The first kappa shape index (κ1) is 16.5. The molecule has 7 heteroatoms. The van der Waals surface area contributed by atoms with Crippen molar-refractivity contribution in [1.82, 2.24) is 4.90 Å². The number of ether oxygens (including phenoxy) is 1. The number of carboxylic acid groups (broad SMARTS) is 1. The maximum absolute atomic E-state index is 13.0. The van der Waals surface area contributed by atoms with Gasteiger partial charge in [0.2, 0.25) is 0 Å². The second kappa shape index (κ2) is 6.96. The highest BCUT2D eigenvalue weighted by Crippen LogP contribution is 2.25. The first-order valence-electron chi connectivity index (χ1n) is 7.00. The predicted molar refractivity (Wildman–Crippen MR) is 78.4 cm³/mol. The van der Waals surface area contributed by atoms with Crippen molar-refractivity contribution in [2.75, 3.05) is 13.2 Å². The molecule has 2 rings (SSSR count). The van der Waals surface area contributed by atoms with Crippen LogP contribution in [0.1, 0.15) is 19.8 Å². The van der Waals surface area contributed by atoms with Gasteiger partial charge >= 0.3 is 5.97 Å². The number of carbonyl (C=O) groups excluding carboxylic acids is 1. The maximum atomic E-state index is 13.0. The predicted octanol–water partition coefficient (Wildman–Crippen LogP) is 2.57. The quantitative estimate of drug-likeness (QED) is 0.922. The van der Waals surface area contributed by atoms with Gasteiger partial charge in [0.25, 0.3) is 5.91 Å². The van der Waals surface area contributed by atoms with Gasteiger partial charge in [0.1, 0.15) is 11.6 Å². The van der Waals surface area contributed by atoms with Crippen molar-refractivity contribution in [3.63, 3.8) is 0 Å². The number of carbonyl (C=O) groups is 2. The molecule has 22 heavy (non-hydrogen) atoms. The minimum absolute atomic E-state index is 0.0813. The highest BCUT2D eigenvalue weighted by atomic mass is 35.5. The molecule has 2 atom stereocenters. The molecule has 1 N–H and O–H groups in total. The standard InChI is InChI=1S/C15H17ClFNO4/c1-9-11(15(20)21)3-2-6-18(9)14(19)8-22-10-4-5-13(17)12(16)7-10/h4-5,7,9,11H,2-3,6,8H2,1H3,(H,20,21)/t9-,11-/m1/s1. The van der Waals surface area contributed by atoms with Crippen LogP contribution in [0.4, 0.5) is 4.39 Å². The van der Waals surface area contributed by atoms with Gasteiger partial charge in [0.05, 0.1) is 10.9 Å². The molecule has 0 radical (unpaired) electrons. The van der Waals surface area contributed by atoms with Crippen LogP contribution in [0.2, 0.25) is 5.02 Å². The Balaban J connectivity index is 1.96. The molecule has 1 aliphatic heterocycles. The lowest BCUT2D eigenvalue weighted by Crippen LogP contribution is -2.50. The number of carboxylic acids is 1. The zero-order valence-electron chi connectivity index (χ0n) is 12.1. The fourth-order valence-electron chi connectivity index (χ4n) is 2.62. The number of halogens is 2. The molecular formula is C15H17ClFNO4. The number of amides is 1. The van der Waals surface area contributed by atoms with E-state index in [-0.39, 0.29) is 23.6 Å². The van der Waals surface area contributed by atoms with Crippen LogP contribution in [0.3, 0.4) is 0 Å². The fourth-order valence-corrected chi connectivity index (χ4v) is 2.79. The Bertz CT molecular complexity index is 581. The summed E-state index contributed by atoms with van der Waals surface area (Å²) in [5.74, 6) is -2.01. The Morgan fingerprint density at radius 1 is 1.50 bits per heavy atom. The Morgan fingerprint density at radius 3 is 2.86 bits per heavy atom. The van der Waals surface area contributed by atoms with Gasteiger partial charge < -0.3 is 14.7 Å². The van der Waals surface area contributed by atoms with Crippen LogP contribution in [0.5, 0.6) is 5.75 Å². The molecule has 0 spiro atoms. The third-order valence-corrected chi connectivity index (χ3v) is 4.17. The van der Waals surface area contributed by atoms with Crippen LogP contribution in [-0.4, -0.2) is 41.1 Å². The average molecular weight is 330 g/mol. The largest absolute Gasteiger partial charge is 0.484 e. The van der Waals surface area contributed by atoms with Crippen LogP contribution < -0.4 is 4.74 Å². The summed E-state index contributed by atoms with van der Waals surface area (Å²) >= 11 is 5.64. The van der Waals surface area contributed by atoms with Gasteiger partial charge in [-0.25, -0.2) is 4.39 Å². The third kappa shape index (κ3) is 3.68. The van der Waals surface area contributed by atoms with Crippen LogP contribution in [0.15, 0.2) is 18.2 Å². The number of likely N-dealkylation sites (tertiary alicyclic amines) is 1. The smallest absolute Gasteiger partial charge is 0.308 e. The summed E-state index contributed by atoms with van der Waals surface area (Å²) < 4.78 is 18.4. The van der Waals surface area contributed by atoms with Crippen molar-refractivity contribution in [3.8, 4) is 5.75 Å². The molecule has 1 amide bonds. The molecule has 1 aromatic rings. The summed E-state index contributed by atoms with van der Waals surface area (Å²) in [7, 11) is 0. The maximum Gasteiger partial charge on any atom is 0.308 e. The summed E-state index contributed by atoms with van der Waals surface area (Å²) in [4.78, 5) is 24.9. The molecule has 0 unspecified atom stereocenters. The molecule has 1 fully saturated rings. The lowest BCUT2D eigenvalue weighted by molar-refractivity contribution is -0.149. The molecule has 0 bridgehead atoms. The van der Waals surface area contributed by atoms with E-state index in [4.69, 9.17) is 21.4 Å². The van der Waals surface area contributed by atoms with Crippen molar-refractivity contribution in [3.05, 3.63) is 29.0 Å². The summed E-state index contributed by atoms with van der Waals surface area (Å²) in [5, 5.41) is 9.07. The average Bonchev–Trinajstić information content (AvgIpc) is 2.48. The number of rotatable bonds is 4. The summed E-state index contributed by atoms with van der Waals surface area (Å²) in [6, 6.07) is 3.46. The lowest BCUT2D eigenvalue weighted by atomic mass is 9.90. The Labute approximate surface area is 132 Å². The second-order valence-corrected chi connectivity index (χ2v) is 5.69. The van der Waals surface area contributed by atoms with E-state index in [1.54, 1.807) is 6.92 Å². The number of nitrogens with zero attached hydrogens (tertiary/aromatic N) is 1. The van der Waals surface area contributed by atoms with Gasteiger partial charge in [-0.2, -0.15) is 0 Å². The molecule has 120 valence electrons. The number of aliphatic carboxylic acids is 1. The van der Waals surface area contributed by atoms with Gasteiger partial charge in [0, 0.05) is 18.7 Å². The highest BCUT2D eigenvalue weighted by molar-refractivity contribution is 6.30. The Kier molecular flexibility index (Phi) is 5.24. The molecule has 5 nitrogen and oxygen atoms in total. The van der Waals surface area contributed by atoms with Crippen molar-refractivity contribution < 1.29 is 23.8 Å². The van der Waals surface area contributed by atoms with Crippen LogP contribution in [0.25, 0.3) is 0 Å². The van der Waals surface area contributed by atoms with E-state index in [2.05, 4.69) is 0 Å². The van der Waals surface area contributed by atoms with Crippen molar-refractivity contribution in [2.24, 2.45) is 5.92 Å². The molecule has 1 heterocycles. The van der Waals surface area contributed by atoms with E-state index in [0.717, 1.165) is 6.07 Å². The minimum atomic E-state index is -0.892. The summed E-state index contributed by atoms with van der Waals surface area (Å²) in [6.07, 6.45) is 1.21. The third-order valence-electron chi connectivity index (χ3n) is 3.88. The van der Waals surface area contributed by atoms with Crippen molar-refractivity contribution in [2.45, 2.75) is 25.8 Å². The van der Waals surface area contributed by atoms with E-state index in [0.29, 0.717) is 25.1 Å². The zero-order valence-corrected chi connectivity index (χ0v) is 12.8. The Morgan fingerprint density at radius 2 is 2.23 bits per heavy atom. The fraction of sp³-hybridized carbons (Fsp3) is 0.467. The van der Waals surface area contributed by atoms with Gasteiger partial charge in [0.15, 0.2) is 6.61 Å². The van der Waals surface area contributed by atoms with E-state index in [1.165, 1.54) is 17.0 Å². The van der Waals surface area contributed by atoms with Crippen LogP contribution >= 0.6 is 11.6 Å². The number of benzene rings is 1. The summed E-state index contributed by atoms with van der Waals surface area (Å²) in [5.41, 5.74) is 0. The molecular weight excluding hydrogens is 313 g/mol. The molecule has 0 aromatic heterocycles. The monoisotopic (exact) mass is 329 g/mol. The highest BCUT2D eigenvalue weighted by Gasteiger charge is 2.35. The van der Waals surface area contributed by atoms with E-state index >= 15 is 0 Å². The second-order valence-electron chi connectivity index (χ2n) is 5.28. The first-order valence-corrected chi connectivity index (χ1v) is 7.38. The van der Waals surface area contributed by atoms with Gasteiger partial charge in [-0.15, -0.1) is 0 Å². The Hall–Kier alpha value is -1.82. The number of hydrogen-bond donors (Lipinski definition) is 1. The van der Waals surface area contributed by atoms with Gasteiger partial charge in [-0.1, -0.05) is 11.6 Å². The van der Waals surface area contributed by atoms with Crippen LogP contribution in [-0.2, 0) is 9.59 Å². The zero-order chi connectivity index (χ0) is 16.3. The molecule has 1 aromatic carbocycles. The summed E-state index contributed by atoms with van der Waals surface area (Å²) in [6.45, 7) is 2.00. The number of piperidine rings is 1. The SMILES string of the molecule is C[C@@H]1[C@H](C(=O)O)CCCN1C(=O)COc1ccc(F)c(Cl)c1. The van der Waals surface area contributed by atoms with E-state index in [1.807, 2.05) is 0 Å². The van der Waals surface area contributed by atoms with E-state index in [9.17, 15) is 14.0 Å². The molecule has 0 saturated carbocycles. The lowest BCUT2D eigenvalue weighted by Gasteiger charge is -2.37. The van der Waals surface area contributed by atoms with Crippen molar-refractivity contribution in [1.29, 1.82) is 0 Å². The molecule has 0 aliphatic carbocycles. The van der Waals surface area contributed by atoms with Crippen molar-refractivity contribution >= 4 is 23.5 Å². The molecule has 1 aliphatic rings. The number of hydrogen-bond acceptors (Lipinski definition) is 3. The van der Waals surface area contributed by atoms with E-state index < -0.39 is 17.7 Å². The van der Waals surface area contributed by atoms with Gasteiger partial charge in [-0.05, 0) is 31.9 Å². The first-order chi connectivity index (χ1) is 10.4. The minimum Gasteiger partial charge on any atom is -0.484 e. The topological polar surface area (TPSA) is 66.8 Å².